The number of likely N-dealkylation sites (N-methyl/N-ethyl adjacent to an activating group) is 1. The molecule has 1 aromatic rings. The molecule has 4 rings (SSSR count). The van der Waals surface area contributed by atoms with Gasteiger partial charge in [0.25, 0.3) is 0 Å². The van der Waals surface area contributed by atoms with E-state index in [1.165, 1.54) is 12.8 Å². The van der Waals surface area contributed by atoms with Crippen LogP contribution in [0.15, 0.2) is 24.3 Å². The second-order valence-corrected chi connectivity index (χ2v) is 6.94. The van der Waals surface area contributed by atoms with Crippen LogP contribution < -0.4 is 10.7 Å². The smallest absolute Gasteiger partial charge is 0.244 e. The van der Waals surface area contributed by atoms with Gasteiger partial charge in [-0.05, 0) is 38.8 Å². The van der Waals surface area contributed by atoms with Gasteiger partial charge in [-0.15, -0.1) is 0 Å². The highest BCUT2D eigenvalue weighted by atomic mass is 16.2. The Kier molecular flexibility index (Phi) is 3.35. The van der Waals surface area contributed by atoms with Crippen LogP contribution in [0.25, 0.3) is 0 Å². The van der Waals surface area contributed by atoms with E-state index in [0.717, 1.165) is 24.1 Å². The number of para-hydroxylation sites is 1. The van der Waals surface area contributed by atoms with Gasteiger partial charge in [-0.3, -0.25) is 4.79 Å². The van der Waals surface area contributed by atoms with Crippen LogP contribution in [0.4, 0.5) is 5.69 Å². The number of nitrogens with zero attached hydrogens (tertiary/aromatic N) is 2. The third kappa shape index (κ3) is 2.20. The van der Waals surface area contributed by atoms with Crippen LogP contribution in [0, 0.1) is 0 Å². The van der Waals surface area contributed by atoms with Crippen LogP contribution in [0.1, 0.15) is 37.3 Å². The van der Waals surface area contributed by atoms with Crippen LogP contribution in [0.3, 0.4) is 0 Å². The Morgan fingerprint density at radius 3 is 2.59 bits per heavy atom. The number of hydrogen-bond acceptors (Lipinski definition) is 4. The van der Waals surface area contributed by atoms with Gasteiger partial charge in [-0.25, -0.2) is 5.01 Å². The van der Waals surface area contributed by atoms with Crippen molar-refractivity contribution in [3.8, 4) is 0 Å². The third-order valence-electron chi connectivity index (χ3n) is 5.63. The molecule has 1 aromatic carbocycles. The van der Waals surface area contributed by atoms with Gasteiger partial charge in [0.05, 0.1) is 5.69 Å². The molecule has 0 spiro atoms. The molecule has 3 heterocycles. The number of carbonyl (C=O) groups excluding carboxylic acids is 1. The zero-order valence-electron chi connectivity index (χ0n) is 13.2. The molecule has 118 valence electrons. The number of amides is 1. The Balaban J connectivity index is 1.47. The molecule has 0 saturated carbocycles. The molecule has 2 bridgehead atoms. The number of piperidine rings is 1. The molecule has 5 nitrogen and oxygen atoms in total. The summed E-state index contributed by atoms with van der Waals surface area (Å²) in [5.74, 6) is 0.119. The second-order valence-electron chi connectivity index (χ2n) is 6.94. The molecule has 22 heavy (non-hydrogen) atoms. The number of anilines is 1. The Labute approximate surface area is 131 Å². The number of fused-ring (bicyclic) bond motifs is 3. The molecule has 0 aromatic heterocycles. The van der Waals surface area contributed by atoms with Crippen molar-refractivity contribution in [2.24, 2.45) is 0 Å². The summed E-state index contributed by atoms with van der Waals surface area (Å²) in [6.45, 7) is 0. The van der Waals surface area contributed by atoms with Gasteiger partial charge in [0.2, 0.25) is 5.91 Å². The fraction of sp³-hybridized carbons (Fsp3) is 0.588. The highest BCUT2D eigenvalue weighted by Gasteiger charge is 2.40. The van der Waals surface area contributed by atoms with E-state index in [4.69, 9.17) is 0 Å². The number of benzene rings is 1. The van der Waals surface area contributed by atoms with Gasteiger partial charge >= 0.3 is 0 Å². The lowest BCUT2D eigenvalue weighted by atomic mass is 9.97. The normalized spacial score (nSPS) is 34.3. The second kappa shape index (κ2) is 5.25. The summed E-state index contributed by atoms with van der Waals surface area (Å²) in [5, 5.41) is 5.21. The van der Waals surface area contributed by atoms with E-state index in [0.29, 0.717) is 18.1 Å². The molecular formula is C17H24N4O. The van der Waals surface area contributed by atoms with Gasteiger partial charge in [0.1, 0.15) is 6.04 Å². The fourth-order valence-corrected chi connectivity index (χ4v) is 4.43. The lowest BCUT2D eigenvalue weighted by molar-refractivity contribution is -0.126. The number of nitrogens with one attached hydrogen (secondary N) is 2. The van der Waals surface area contributed by atoms with Gasteiger partial charge in [-0.2, -0.15) is 0 Å². The van der Waals surface area contributed by atoms with Crippen molar-refractivity contribution in [2.75, 3.05) is 19.5 Å². The summed E-state index contributed by atoms with van der Waals surface area (Å²) in [5.41, 5.74) is 5.37. The Morgan fingerprint density at radius 2 is 1.86 bits per heavy atom. The SMILES string of the molecule is CN1Nc2ccccc2C1C(=O)NC1C[C@H]2CC[C@@H](C1)N2C. The Bertz CT molecular complexity index is 576. The van der Waals surface area contributed by atoms with E-state index in [9.17, 15) is 4.79 Å². The molecule has 5 heteroatoms. The highest BCUT2D eigenvalue weighted by Crippen LogP contribution is 2.36. The average Bonchev–Trinajstić information content (AvgIpc) is 2.90. The summed E-state index contributed by atoms with van der Waals surface area (Å²) >= 11 is 0. The first-order valence-corrected chi connectivity index (χ1v) is 8.24. The van der Waals surface area contributed by atoms with E-state index in [-0.39, 0.29) is 11.9 Å². The predicted octanol–water partition coefficient (Wildman–Crippen LogP) is 1.74. The minimum Gasteiger partial charge on any atom is -0.352 e. The third-order valence-corrected chi connectivity index (χ3v) is 5.63. The first kappa shape index (κ1) is 14.0. The topological polar surface area (TPSA) is 47.6 Å². The fourth-order valence-electron chi connectivity index (χ4n) is 4.43. The van der Waals surface area contributed by atoms with E-state index in [1.807, 2.05) is 36.3 Å². The first-order valence-electron chi connectivity index (χ1n) is 8.24. The lowest BCUT2D eigenvalue weighted by Crippen LogP contribution is -2.50. The average molecular weight is 300 g/mol. The van der Waals surface area contributed by atoms with Crippen LogP contribution >= 0.6 is 0 Å². The molecule has 2 saturated heterocycles. The lowest BCUT2D eigenvalue weighted by Gasteiger charge is -2.37. The van der Waals surface area contributed by atoms with Gasteiger partial charge in [-0.1, -0.05) is 18.2 Å². The van der Waals surface area contributed by atoms with Crippen LogP contribution in [0.2, 0.25) is 0 Å². The summed E-state index contributed by atoms with van der Waals surface area (Å²) in [6, 6.07) is 9.44. The number of rotatable bonds is 2. The minimum absolute atomic E-state index is 0.119. The quantitative estimate of drug-likeness (QED) is 0.873. The molecule has 2 fully saturated rings. The van der Waals surface area contributed by atoms with Crippen molar-refractivity contribution < 1.29 is 4.79 Å². The molecule has 0 radical (unpaired) electrons. The van der Waals surface area contributed by atoms with Crippen LogP contribution in [-0.2, 0) is 4.79 Å². The minimum atomic E-state index is -0.228. The standard InChI is InChI=1S/C17H24N4O/c1-20-12-7-8-13(20)10-11(9-12)18-17(22)16-14-5-3-4-6-15(14)19-21(16)2/h3-6,11-13,16,19H,7-10H2,1-2H3,(H,18,22)/t11?,12-,13+,16?. The number of hydrogen-bond donors (Lipinski definition) is 2. The molecule has 3 aliphatic heterocycles. The van der Waals surface area contributed by atoms with E-state index in [2.05, 4.69) is 22.7 Å². The maximum absolute atomic E-state index is 12.8. The maximum atomic E-state index is 12.8. The summed E-state index contributed by atoms with van der Waals surface area (Å²) in [6.07, 6.45) is 4.73. The van der Waals surface area contributed by atoms with Crippen molar-refractivity contribution in [1.29, 1.82) is 0 Å². The maximum Gasteiger partial charge on any atom is 0.244 e. The molecule has 3 aliphatic rings. The van der Waals surface area contributed by atoms with Gasteiger partial charge < -0.3 is 15.6 Å². The van der Waals surface area contributed by atoms with Crippen molar-refractivity contribution in [3.05, 3.63) is 29.8 Å². The van der Waals surface area contributed by atoms with Crippen molar-refractivity contribution in [2.45, 2.75) is 49.9 Å². The summed E-state index contributed by atoms with van der Waals surface area (Å²) in [7, 11) is 4.16. The largest absolute Gasteiger partial charge is 0.352 e. The van der Waals surface area contributed by atoms with E-state index in [1.54, 1.807) is 0 Å². The summed E-state index contributed by atoms with van der Waals surface area (Å²) in [4.78, 5) is 15.3. The predicted molar refractivity (Wildman–Crippen MR) is 86.3 cm³/mol. The van der Waals surface area contributed by atoms with E-state index >= 15 is 0 Å². The van der Waals surface area contributed by atoms with Crippen molar-refractivity contribution >= 4 is 11.6 Å². The number of carbonyl (C=O) groups is 1. The van der Waals surface area contributed by atoms with Gasteiger partial charge in [0, 0.05) is 30.7 Å². The first-order chi connectivity index (χ1) is 10.6. The molecule has 4 atom stereocenters. The van der Waals surface area contributed by atoms with E-state index < -0.39 is 0 Å². The van der Waals surface area contributed by atoms with Crippen LogP contribution in [0.5, 0.6) is 0 Å². The van der Waals surface area contributed by atoms with Crippen LogP contribution in [-0.4, -0.2) is 48.0 Å². The van der Waals surface area contributed by atoms with Gasteiger partial charge in [0.15, 0.2) is 0 Å². The molecule has 1 amide bonds. The molecular weight excluding hydrogens is 276 g/mol. The van der Waals surface area contributed by atoms with Crippen molar-refractivity contribution in [3.63, 3.8) is 0 Å². The molecule has 2 N–H and O–H groups in total. The van der Waals surface area contributed by atoms with Crippen molar-refractivity contribution in [1.82, 2.24) is 15.2 Å². The Hall–Kier alpha value is -1.59. The zero-order chi connectivity index (χ0) is 15.3. The zero-order valence-corrected chi connectivity index (χ0v) is 13.2. The monoisotopic (exact) mass is 300 g/mol. The summed E-state index contributed by atoms with van der Waals surface area (Å²) < 4.78 is 0. The molecule has 2 unspecified atom stereocenters. The molecule has 0 aliphatic carbocycles. The number of hydrazine groups is 1. The highest BCUT2D eigenvalue weighted by molar-refractivity contribution is 5.87. The Morgan fingerprint density at radius 1 is 1.18 bits per heavy atom.